The Kier molecular flexibility index (Phi) is 3.74. The minimum absolute atomic E-state index is 0.132. The highest BCUT2D eigenvalue weighted by molar-refractivity contribution is 5.98. The van der Waals surface area contributed by atoms with Gasteiger partial charge in [0.15, 0.2) is 0 Å². The van der Waals surface area contributed by atoms with E-state index < -0.39 is 11.8 Å². The molecule has 2 amide bonds. The summed E-state index contributed by atoms with van der Waals surface area (Å²) in [7, 11) is 0. The monoisotopic (exact) mass is 292 g/mol. The van der Waals surface area contributed by atoms with Gasteiger partial charge in [-0.25, -0.2) is 4.98 Å². The summed E-state index contributed by atoms with van der Waals surface area (Å²) in [6.07, 6.45) is 1.37. The van der Waals surface area contributed by atoms with Gasteiger partial charge in [-0.3, -0.25) is 25.4 Å². The van der Waals surface area contributed by atoms with Crippen molar-refractivity contribution in [3.63, 3.8) is 0 Å². The topological polar surface area (TPSA) is 84.0 Å². The standard InChI is InChI=1S/C16H12N4O2/c21-15(11-6-2-1-3-7-11)19-20-16(22)14-10-17-12-8-4-5-9-13(12)18-14/h1-10H,(H,19,21)(H,20,22). The second-order valence-electron chi connectivity index (χ2n) is 4.52. The summed E-state index contributed by atoms with van der Waals surface area (Å²) in [4.78, 5) is 32.2. The fourth-order valence-electron chi connectivity index (χ4n) is 1.91. The van der Waals surface area contributed by atoms with Crippen LogP contribution in [0.5, 0.6) is 0 Å². The maximum atomic E-state index is 12.0. The lowest BCUT2D eigenvalue weighted by atomic mass is 10.2. The number of amides is 2. The van der Waals surface area contributed by atoms with Gasteiger partial charge in [-0.2, -0.15) is 0 Å². The van der Waals surface area contributed by atoms with Gasteiger partial charge in [-0.15, -0.1) is 0 Å². The van der Waals surface area contributed by atoms with Crippen LogP contribution in [0, 0.1) is 0 Å². The smallest absolute Gasteiger partial charge is 0.267 e. The molecular formula is C16H12N4O2. The summed E-state index contributed by atoms with van der Waals surface area (Å²) in [5.74, 6) is -0.926. The van der Waals surface area contributed by atoms with E-state index in [1.807, 2.05) is 12.1 Å². The highest BCUT2D eigenvalue weighted by atomic mass is 16.2. The first-order valence-electron chi connectivity index (χ1n) is 6.61. The van der Waals surface area contributed by atoms with Crippen LogP contribution in [-0.4, -0.2) is 21.8 Å². The maximum Gasteiger partial charge on any atom is 0.289 e. The Labute approximate surface area is 126 Å². The molecule has 6 heteroatoms. The Balaban J connectivity index is 1.69. The third kappa shape index (κ3) is 2.90. The summed E-state index contributed by atoms with van der Waals surface area (Å²) in [5.41, 5.74) is 6.56. The van der Waals surface area contributed by atoms with Crippen LogP contribution in [0.4, 0.5) is 0 Å². The van der Waals surface area contributed by atoms with E-state index in [1.165, 1.54) is 6.20 Å². The normalized spacial score (nSPS) is 10.2. The van der Waals surface area contributed by atoms with Crippen LogP contribution in [0.2, 0.25) is 0 Å². The molecule has 0 aliphatic carbocycles. The minimum atomic E-state index is -0.525. The van der Waals surface area contributed by atoms with Gasteiger partial charge in [0.05, 0.1) is 17.2 Å². The fourth-order valence-corrected chi connectivity index (χ4v) is 1.91. The molecule has 2 aromatic carbocycles. The number of carbonyl (C=O) groups excluding carboxylic acids is 2. The third-order valence-corrected chi connectivity index (χ3v) is 3.01. The van der Waals surface area contributed by atoms with E-state index in [1.54, 1.807) is 42.5 Å². The van der Waals surface area contributed by atoms with E-state index in [4.69, 9.17) is 0 Å². The van der Waals surface area contributed by atoms with E-state index in [0.717, 1.165) is 0 Å². The van der Waals surface area contributed by atoms with Crippen molar-refractivity contribution in [2.75, 3.05) is 0 Å². The average Bonchev–Trinajstić information content (AvgIpc) is 2.59. The van der Waals surface area contributed by atoms with E-state index in [2.05, 4.69) is 20.8 Å². The zero-order valence-electron chi connectivity index (χ0n) is 11.5. The molecule has 2 N–H and O–H groups in total. The molecule has 0 radical (unpaired) electrons. The van der Waals surface area contributed by atoms with Crippen LogP contribution in [0.25, 0.3) is 11.0 Å². The van der Waals surface area contributed by atoms with Crippen LogP contribution >= 0.6 is 0 Å². The molecule has 108 valence electrons. The molecule has 1 heterocycles. The predicted molar refractivity (Wildman–Crippen MR) is 80.9 cm³/mol. The molecule has 0 saturated heterocycles. The van der Waals surface area contributed by atoms with Crippen LogP contribution in [0.1, 0.15) is 20.8 Å². The Hall–Kier alpha value is -3.28. The summed E-state index contributed by atoms with van der Waals surface area (Å²) >= 11 is 0. The van der Waals surface area contributed by atoms with Crippen molar-refractivity contribution in [3.8, 4) is 0 Å². The van der Waals surface area contributed by atoms with Gasteiger partial charge in [-0.1, -0.05) is 30.3 Å². The number of fused-ring (bicyclic) bond motifs is 1. The minimum Gasteiger partial charge on any atom is -0.267 e. The van der Waals surface area contributed by atoms with Crippen LogP contribution in [0.3, 0.4) is 0 Å². The summed E-state index contributed by atoms with van der Waals surface area (Å²) in [6, 6.07) is 15.8. The number of hydrogen-bond donors (Lipinski definition) is 2. The number of benzene rings is 2. The first kappa shape index (κ1) is 13.7. The van der Waals surface area contributed by atoms with Gasteiger partial charge < -0.3 is 0 Å². The lowest BCUT2D eigenvalue weighted by Gasteiger charge is -2.07. The highest BCUT2D eigenvalue weighted by Gasteiger charge is 2.11. The number of rotatable bonds is 2. The molecule has 22 heavy (non-hydrogen) atoms. The Morgan fingerprint density at radius 2 is 1.41 bits per heavy atom. The largest absolute Gasteiger partial charge is 0.289 e. The third-order valence-electron chi connectivity index (χ3n) is 3.01. The van der Waals surface area contributed by atoms with Crippen molar-refractivity contribution in [2.24, 2.45) is 0 Å². The predicted octanol–water partition coefficient (Wildman–Crippen LogP) is 1.70. The van der Waals surface area contributed by atoms with Crippen LogP contribution in [-0.2, 0) is 0 Å². The average molecular weight is 292 g/mol. The zero-order valence-corrected chi connectivity index (χ0v) is 11.5. The second-order valence-corrected chi connectivity index (χ2v) is 4.52. The first-order valence-corrected chi connectivity index (χ1v) is 6.61. The molecule has 0 fully saturated rings. The van der Waals surface area contributed by atoms with Gasteiger partial charge in [0, 0.05) is 5.56 Å². The van der Waals surface area contributed by atoms with Gasteiger partial charge >= 0.3 is 0 Å². The first-order chi connectivity index (χ1) is 10.7. The van der Waals surface area contributed by atoms with E-state index >= 15 is 0 Å². The molecule has 1 aromatic heterocycles. The molecular weight excluding hydrogens is 280 g/mol. The molecule has 0 aliphatic rings. The number of hydrazine groups is 1. The van der Waals surface area contributed by atoms with E-state index in [0.29, 0.717) is 16.6 Å². The fraction of sp³-hybridized carbons (Fsp3) is 0. The molecule has 0 unspecified atom stereocenters. The number of carbonyl (C=O) groups is 2. The maximum absolute atomic E-state index is 12.0. The lowest BCUT2D eigenvalue weighted by molar-refractivity contribution is 0.0844. The molecule has 0 bridgehead atoms. The van der Waals surface area contributed by atoms with Crippen molar-refractivity contribution < 1.29 is 9.59 Å². The second kappa shape index (κ2) is 6.01. The molecule has 0 aliphatic heterocycles. The summed E-state index contributed by atoms with van der Waals surface area (Å²) in [5, 5.41) is 0. The van der Waals surface area contributed by atoms with Crippen molar-refractivity contribution in [1.82, 2.24) is 20.8 Å². The lowest BCUT2D eigenvalue weighted by Crippen LogP contribution is -2.42. The molecule has 0 saturated carbocycles. The SMILES string of the molecule is O=C(NNC(=O)c1cnc2ccccc2n1)c1ccccc1. The van der Waals surface area contributed by atoms with Gasteiger partial charge in [-0.05, 0) is 24.3 Å². The number of para-hydroxylation sites is 2. The zero-order chi connectivity index (χ0) is 15.4. The molecule has 0 atom stereocenters. The Morgan fingerprint density at radius 3 is 2.18 bits per heavy atom. The van der Waals surface area contributed by atoms with Crippen molar-refractivity contribution in [2.45, 2.75) is 0 Å². The number of nitrogens with zero attached hydrogens (tertiary/aromatic N) is 2. The van der Waals surface area contributed by atoms with Crippen molar-refractivity contribution in [3.05, 3.63) is 72.1 Å². The van der Waals surface area contributed by atoms with Gasteiger partial charge in [0.1, 0.15) is 5.69 Å². The summed E-state index contributed by atoms with van der Waals surface area (Å²) < 4.78 is 0. The Morgan fingerprint density at radius 1 is 0.773 bits per heavy atom. The number of aromatic nitrogens is 2. The molecule has 6 nitrogen and oxygen atoms in total. The Bertz CT molecular complexity index is 834. The van der Waals surface area contributed by atoms with Crippen molar-refractivity contribution >= 4 is 22.8 Å². The number of hydrogen-bond acceptors (Lipinski definition) is 4. The van der Waals surface area contributed by atoms with Gasteiger partial charge in [0.25, 0.3) is 11.8 Å². The highest BCUT2D eigenvalue weighted by Crippen LogP contribution is 2.08. The van der Waals surface area contributed by atoms with Crippen molar-refractivity contribution in [1.29, 1.82) is 0 Å². The van der Waals surface area contributed by atoms with E-state index in [-0.39, 0.29) is 5.69 Å². The molecule has 3 rings (SSSR count). The quantitative estimate of drug-likeness (QED) is 0.704. The molecule has 0 spiro atoms. The van der Waals surface area contributed by atoms with Crippen LogP contribution < -0.4 is 10.9 Å². The number of nitrogens with one attached hydrogen (secondary N) is 2. The molecule has 3 aromatic rings. The summed E-state index contributed by atoms with van der Waals surface area (Å²) in [6.45, 7) is 0. The van der Waals surface area contributed by atoms with Crippen LogP contribution in [0.15, 0.2) is 60.8 Å². The van der Waals surface area contributed by atoms with Gasteiger partial charge in [0.2, 0.25) is 0 Å². The van der Waals surface area contributed by atoms with E-state index in [9.17, 15) is 9.59 Å².